The lowest BCUT2D eigenvalue weighted by molar-refractivity contribution is -0.394. The van der Waals surface area contributed by atoms with Crippen molar-refractivity contribution in [3.8, 4) is 0 Å². The van der Waals surface area contributed by atoms with Crippen LogP contribution in [0.2, 0.25) is 0 Å². The smallest absolute Gasteiger partial charge is 0.325 e. The average Bonchev–Trinajstić information content (AvgIpc) is 2.37. The molecule has 1 atom stereocenters. The highest BCUT2D eigenvalue weighted by atomic mass is 16.6. The Hall–Kier alpha value is -3.04. The molecular weight excluding hydrogens is 274 g/mol. The number of carbonyl (C=O) groups is 2. The molecule has 0 aromatic heterocycles. The summed E-state index contributed by atoms with van der Waals surface area (Å²) in [4.78, 5) is 41.9. The molecule has 0 bridgehead atoms. The van der Waals surface area contributed by atoms with E-state index in [4.69, 9.17) is 5.11 Å². The monoisotopic (exact) mass is 283 g/mol. The molecule has 0 heterocycles. The predicted octanol–water partition coefficient (Wildman–Crippen LogP) is 0.706. The molecule has 1 aromatic carbocycles. The van der Waals surface area contributed by atoms with Crippen molar-refractivity contribution in [3.05, 3.63) is 44.0 Å². The minimum absolute atomic E-state index is 0.450. The summed E-state index contributed by atoms with van der Waals surface area (Å²) in [5, 5.41) is 32.0. The van der Waals surface area contributed by atoms with E-state index in [0.29, 0.717) is 6.07 Å². The molecule has 0 aliphatic rings. The second-order valence-electron chi connectivity index (χ2n) is 3.75. The van der Waals surface area contributed by atoms with E-state index in [1.165, 1.54) is 6.92 Å². The molecule has 0 saturated carbocycles. The SMILES string of the molecule is C[C@H](NC(=O)c1ccc([N+](=O)[O-])cc1[N+](=O)[O-])C(=O)O. The van der Waals surface area contributed by atoms with Crippen molar-refractivity contribution >= 4 is 23.3 Å². The number of hydrogen-bond donors (Lipinski definition) is 2. The largest absolute Gasteiger partial charge is 0.480 e. The molecule has 10 heteroatoms. The fourth-order valence-electron chi connectivity index (χ4n) is 1.31. The molecule has 0 aliphatic carbocycles. The van der Waals surface area contributed by atoms with Crippen LogP contribution >= 0.6 is 0 Å². The van der Waals surface area contributed by atoms with Gasteiger partial charge in [-0.1, -0.05) is 0 Å². The lowest BCUT2D eigenvalue weighted by atomic mass is 10.1. The van der Waals surface area contributed by atoms with E-state index in [9.17, 15) is 29.8 Å². The Bertz CT molecular complexity index is 599. The van der Waals surface area contributed by atoms with Gasteiger partial charge in [-0.25, -0.2) is 0 Å². The zero-order chi connectivity index (χ0) is 15.4. The first-order valence-electron chi connectivity index (χ1n) is 5.20. The number of nitro groups is 2. The summed E-state index contributed by atoms with van der Waals surface area (Å²) in [5.41, 5.74) is -1.76. The normalized spacial score (nSPS) is 11.4. The lowest BCUT2D eigenvalue weighted by Crippen LogP contribution is -2.38. The molecule has 1 rings (SSSR count). The first kappa shape index (κ1) is 15.0. The van der Waals surface area contributed by atoms with Gasteiger partial charge in [-0.05, 0) is 13.0 Å². The molecule has 0 spiro atoms. The Morgan fingerprint density at radius 2 is 1.85 bits per heavy atom. The number of carboxylic acid groups (broad SMARTS) is 1. The first-order valence-corrected chi connectivity index (χ1v) is 5.20. The third-order valence-electron chi connectivity index (χ3n) is 2.35. The Morgan fingerprint density at radius 1 is 1.25 bits per heavy atom. The van der Waals surface area contributed by atoms with Crippen LogP contribution in [0.3, 0.4) is 0 Å². The summed E-state index contributed by atoms with van der Waals surface area (Å²) < 4.78 is 0. The number of non-ortho nitro benzene ring substituents is 1. The highest BCUT2D eigenvalue weighted by molar-refractivity contribution is 6.00. The van der Waals surface area contributed by atoms with Gasteiger partial charge in [-0.3, -0.25) is 29.8 Å². The van der Waals surface area contributed by atoms with Crippen molar-refractivity contribution in [2.45, 2.75) is 13.0 Å². The van der Waals surface area contributed by atoms with Crippen molar-refractivity contribution in [1.82, 2.24) is 5.32 Å². The fourth-order valence-corrected chi connectivity index (χ4v) is 1.31. The number of amides is 1. The number of rotatable bonds is 5. The third-order valence-corrected chi connectivity index (χ3v) is 2.35. The number of benzene rings is 1. The molecule has 1 aromatic rings. The van der Waals surface area contributed by atoms with E-state index >= 15 is 0 Å². The summed E-state index contributed by atoms with van der Waals surface area (Å²) >= 11 is 0. The van der Waals surface area contributed by atoms with Crippen LogP contribution < -0.4 is 5.32 Å². The molecule has 2 N–H and O–H groups in total. The maximum Gasteiger partial charge on any atom is 0.325 e. The van der Waals surface area contributed by atoms with Crippen LogP contribution in [0.5, 0.6) is 0 Å². The van der Waals surface area contributed by atoms with Crippen LogP contribution in [0.15, 0.2) is 18.2 Å². The number of aliphatic carboxylic acids is 1. The third kappa shape index (κ3) is 3.25. The molecule has 0 aliphatic heterocycles. The van der Waals surface area contributed by atoms with Crippen molar-refractivity contribution in [2.75, 3.05) is 0 Å². The number of hydrogen-bond acceptors (Lipinski definition) is 6. The van der Waals surface area contributed by atoms with Gasteiger partial charge in [-0.2, -0.15) is 0 Å². The second kappa shape index (κ2) is 5.73. The standard InChI is InChI=1S/C10H9N3O7/c1-5(10(15)16)11-9(14)7-3-2-6(12(17)18)4-8(7)13(19)20/h2-5H,1H3,(H,11,14)(H,15,16)/t5-/m0/s1. The molecule has 10 nitrogen and oxygen atoms in total. The van der Waals surface area contributed by atoms with Crippen molar-refractivity contribution in [1.29, 1.82) is 0 Å². The summed E-state index contributed by atoms with van der Waals surface area (Å²) in [7, 11) is 0. The van der Waals surface area contributed by atoms with Gasteiger partial charge >= 0.3 is 5.97 Å². The highest BCUT2D eigenvalue weighted by Crippen LogP contribution is 2.24. The lowest BCUT2D eigenvalue weighted by Gasteiger charge is -2.09. The summed E-state index contributed by atoms with van der Waals surface area (Å²) in [6, 6.07) is 1.21. The Balaban J connectivity index is 3.17. The summed E-state index contributed by atoms with van der Waals surface area (Å²) in [5.74, 6) is -2.32. The van der Waals surface area contributed by atoms with Gasteiger partial charge in [0, 0.05) is 6.07 Å². The van der Waals surface area contributed by atoms with Gasteiger partial charge in [-0.15, -0.1) is 0 Å². The Morgan fingerprint density at radius 3 is 2.30 bits per heavy atom. The van der Waals surface area contributed by atoms with Crippen LogP contribution in [0.4, 0.5) is 11.4 Å². The fraction of sp³-hybridized carbons (Fsp3) is 0.200. The zero-order valence-corrected chi connectivity index (χ0v) is 10.1. The van der Waals surface area contributed by atoms with Crippen LogP contribution in [0.25, 0.3) is 0 Å². The molecule has 1 amide bonds. The van der Waals surface area contributed by atoms with Gasteiger partial charge in [0.15, 0.2) is 0 Å². The first-order chi connectivity index (χ1) is 9.23. The maximum absolute atomic E-state index is 11.7. The van der Waals surface area contributed by atoms with Crippen molar-refractivity contribution < 1.29 is 24.5 Å². The van der Waals surface area contributed by atoms with E-state index in [2.05, 4.69) is 0 Å². The quantitative estimate of drug-likeness (QED) is 0.595. The molecule has 20 heavy (non-hydrogen) atoms. The topological polar surface area (TPSA) is 153 Å². The Labute approximate surface area is 111 Å². The van der Waals surface area contributed by atoms with Crippen LogP contribution in [-0.4, -0.2) is 32.9 Å². The van der Waals surface area contributed by atoms with Gasteiger partial charge < -0.3 is 10.4 Å². The molecule has 0 radical (unpaired) electrons. The van der Waals surface area contributed by atoms with E-state index in [0.717, 1.165) is 12.1 Å². The van der Waals surface area contributed by atoms with Crippen molar-refractivity contribution in [3.63, 3.8) is 0 Å². The van der Waals surface area contributed by atoms with E-state index in [1.54, 1.807) is 0 Å². The number of nitrogens with one attached hydrogen (secondary N) is 1. The minimum Gasteiger partial charge on any atom is -0.480 e. The van der Waals surface area contributed by atoms with E-state index in [-0.39, 0.29) is 0 Å². The van der Waals surface area contributed by atoms with E-state index in [1.807, 2.05) is 5.32 Å². The average molecular weight is 283 g/mol. The zero-order valence-electron chi connectivity index (χ0n) is 10.1. The predicted molar refractivity (Wildman–Crippen MR) is 64.3 cm³/mol. The molecule has 0 unspecified atom stereocenters. The van der Waals surface area contributed by atoms with Crippen LogP contribution in [-0.2, 0) is 4.79 Å². The van der Waals surface area contributed by atoms with Gasteiger partial charge in [0.1, 0.15) is 11.6 Å². The number of nitrogens with zero attached hydrogens (tertiary/aromatic N) is 2. The second-order valence-corrected chi connectivity index (χ2v) is 3.75. The Kier molecular flexibility index (Phi) is 4.31. The van der Waals surface area contributed by atoms with E-state index < -0.39 is 44.7 Å². The molecule has 0 fully saturated rings. The summed E-state index contributed by atoms with van der Waals surface area (Å²) in [6.07, 6.45) is 0. The van der Waals surface area contributed by atoms with Gasteiger partial charge in [0.25, 0.3) is 17.3 Å². The summed E-state index contributed by atoms with van der Waals surface area (Å²) in [6.45, 7) is 1.18. The van der Waals surface area contributed by atoms with Crippen LogP contribution in [0.1, 0.15) is 17.3 Å². The van der Waals surface area contributed by atoms with Crippen molar-refractivity contribution in [2.24, 2.45) is 0 Å². The highest BCUT2D eigenvalue weighted by Gasteiger charge is 2.25. The molecule has 106 valence electrons. The number of nitro benzene ring substituents is 2. The molecule has 0 saturated heterocycles. The number of carboxylic acids is 1. The van der Waals surface area contributed by atoms with Gasteiger partial charge in [0.2, 0.25) is 0 Å². The molecular formula is C10H9N3O7. The number of carbonyl (C=O) groups excluding carboxylic acids is 1. The minimum atomic E-state index is -1.32. The van der Waals surface area contributed by atoms with Gasteiger partial charge in [0.05, 0.1) is 15.9 Å². The maximum atomic E-state index is 11.7. The van der Waals surface area contributed by atoms with Crippen LogP contribution in [0, 0.1) is 20.2 Å².